The van der Waals surface area contributed by atoms with E-state index in [-0.39, 0.29) is 30.0 Å². The fourth-order valence-electron chi connectivity index (χ4n) is 7.80. The monoisotopic (exact) mass is 491 g/mol. The number of anilines is 1. The number of aliphatic hydroxyl groups is 2. The van der Waals surface area contributed by atoms with Crippen molar-refractivity contribution in [2.45, 2.75) is 88.0 Å². The van der Waals surface area contributed by atoms with Crippen molar-refractivity contribution in [2.75, 3.05) is 5.32 Å². The van der Waals surface area contributed by atoms with Crippen molar-refractivity contribution >= 4 is 17.7 Å². The van der Waals surface area contributed by atoms with E-state index in [9.17, 15) is 15.0 Å². The van der Waals surface area contributed by atoms with Crippen LogP contribution in [0, 0.1) is 17.8 Å². The summed E-state index contributed by atoms with van der Waals surface area (Å²) < 4.78 is 5.39. The van der Waals surface area contributed by atoms with Crippen molar-refractivity contribution in [3.05, 3.63) is 29.4 Å². The van der Waals surface area contributed by atoms with Crippen LogP contribution in [0.25, 0.3) is 17.5 Å². The fraction of sp³-hybridized carbons (Fsp3) is 0.630. The Morgan fingerprint density at radius 3 is 2.64 bits per heavy atom. The molecule has 0 aliphatic heterocycles. The first kappa shape index (κ1) is 22.4. The summed E-state index contributed by atoms with van der Waals surface area (Å²) in [5.74, 6) is 1.44. The number of pyridine rings is 1. The molecule has 1 amide bonds. The first-order chi connectivity index (χ1) is 17.4. The number of fused-ring (bicyclic) bond motifs is 1. The minimum Gasteiger partial charge on any atom is -0.393 e. The third kappa shape index (κ3) is 3.84. The molecular weight excluding hydrogens is 458 g/mol. The maximum Gasteiger partial charge on any atom is 0.316 e. The number of allylic oxidation sites excluding steroid dienone is 1. The van der Waals surface area contributed by atoms with Crippen LogP contribution in [0.5, 0.6) is 0 Å². The Balaban J connectivity index is 1.16. The molecule has 6 aliphatic carbocycles. The number of hydrogen-bond acceptors (Lipinski definition) is 8. The molecule has 4 bridgehead atoms. The Kier molecular flexibility index (Phi) is 5.22. The van der Waals surface area contributed by atoms with Gasteiger partial charge in [0, 0.05) is 30.3 Å². The molecule has 5 atom stereocenters. The van der Waals surface area contributed by atoms with Crippen LogP contribution in [0.2, 0.25) is 0 Å². The molecule has 0 spiro atoms. The molecule has 3 unspecified atom stereocenters. The smallest absolute Gasteiger partial charge is 0.316 e. The van der Waals surface area contributed by atoms with E-state index in [1.54, 1.807) is 6.20 Å². The summed E-state index contributed by atoms with van der Waals surface area (Å²) in [6, 6.07) is 0.296. The average molecular weight is 492 g/mol. The quantitative estimate of drug-likeness (QED) is 0.501. The van der Waals surface area contributed by atoms with Crippen molar-refractivity contribution in [2.24, 2.45) is 17.8 Å². The van der Waals surface area contributed by atoms with E-state index in [1.807, 2.05) is 0 Å². The van der Waals surface area contributed by atoms with Gasteiger partial charge in [-0.25, -0.2) is 0 Å². The van der Waals surface area contributed by atoms with E-state index < -0.39 is 5.60 Å². The second kappa shape index (κ2) is 8.38. The zero-order chi connectivity index (χ0) is 24.4. The summed E-state index contributed by atoms with van der Waals surface area (Å²) in [4.78, 5) is 21.9. The maximum absolute atomic E-state index is 12.8. The molecule has 4 N–H and O–H groups in total. The number of rotatable bonds is 5. The Hall–Kier alpha value is -2.78. The number of amides is 1. The molecule has 36 heavy (non-hydrogen) atoms. The number of nitrogens with one attached hydrogen (secondary N) is 2. The zero-order valence-electron chi connectivity index (χ0n) is 20.3. The third-order valence-electron chi connectivity index (χ3n) is 9.24. The Labute approximate surface area is 209 Å². The van der Waals surface area contributed by atoms with Gasteiger partial charge in [0.2, 0.25) is 5.82 Å². The molecule has 2 aromatic heterocycles. The average Bonchev–Trinajstić information content (AvgIpc) is 3.52. The minimum absolute atomic E-state index is 0.00650. The van der Waals surface area contributed by atoms with Gasteiger partial charge in [-0.2, -0.15) is 4.98 Å². The Morgan fingerprint density at radius 2 is 1.89 bits per heavy atom. The molecule has 0 radical (unpaired) electrons. The summed E-state index contributed by atoms with van der Waals surface area (Å²) >= 11 is 0. The molecule has 6 aliphatic rings. The van der Waals surface area contributed by atoms with Crippen molar-refractivity contribution in [1.82, 2.24) is 20.4 Å². The minimum atomic E-state index is -0.482. The lowest BCUT2D eigenvalue weighted by molar-refractivity contribution is -0.129. The molecular formula is C27H33N5O4. The number of carbonyl (C=O) groups is 1. The van der Waals surface area contributed by atoms with Gasteiger partial charge in [-0.3, -0.25) is 9.78 Å². The van der Waals surface area contributed by atoms with Crippen molar-refractivity contribution < 1.29 is 19.5 Å². The predicted molar refractivity (Wildman–Crippen MR) is 132 cm³/mol. The van der Waals surface area contributed by atoms with Crippen LogP contribution in [0.15, 0.2) is 16.8 Å². The maximum atomic E-state index is 12.8. The van der Waals surface area contributed by atoms with E-state index in [1.165, 1.54) is 12.8 Å². The molecule has 0 saturated heterocycles. The van der Waals surface area contributed by atoms with E-state index in [4.69, 9.17) is 4.52 Å². The fourth-order valence-corrected chi connectivity index (χ4v) is 7.80. The van der Waals surface area contributed by atoms with Gasteiger partial charge in [-0.1, -0.05) is 17.3 Å². The molecule has 2 aromatic rings. The van der Waals surface area contributed by atoms with Crippen molar-refractivity contribution in [1.29, 1.82) is 0 Å². The molecule has 9 nitrogen and oxygen atoms in total. The topological polar surface area (TPSA) is 133 Å². The predicted octanol–water partition coefficient (Wildman–Crippen LogP) is 3.09. The Morgan fingerprint density at radius 1 is 1.11 bits per heavy atom. The van der Waals surface area contributed by atoms with Crippen molar-refractivity contribution in [3.8, 4) is 11.4 Å². The van der Waals surface area contributed by atoms with Crippen LogP contribution >= 0.6 is 0 Å². The van der Waals surface area contributed by atoms with Gasteiger partial charge in [0.1, 0.15) is 0 Å². The Bertz CT molecular complexity index is 1200. The summed E-state index contributed by atoms with van der Waals surface area (Å²) in [5, 5.41) is 31.7. The number of nitrogens with zero attached hydrogens (tertiary/aromatic N) is 3. The SMILES string of the molecule is O=C(NC1CCC(O)CC1)c1nc(-c2cnc3c(c2NC2[C@@H]4CC5C[C@H]2CC(O)(C5)C4)C=CC3)no1. The van der Waals surface area contributed by atoms with Crippen molar-refractivity contribution in [3.63, 3.8) is 0 Å². The second-order valence-corrected chi connectivity index (χ2v) is 11.8. The number of hydrogen-bond donors (Lipinski definition) is 4. The first-order valence-corrected chi connectivity index (χ1v) is 13.4. The van der Waals surface area contributed by atoms with Crippen LogP contribution in [0.4, 0.5) is 5.69 Å². The van der Waals surface area contributed by atoms with Gasteiger partial charge >= 0.3 is 11.8 Å². The van der Waals surface area contributed by atoms with E-state index in [0.29, 0.717) is 36.4 Å². The van der Waals surface area contributed by atoms with Crippen LogP contribution in [-0.2, 0) is 6.42 Å². The highest BCUT2D eigenvalue weighted by Gasteiger charge is 2.55. The lowest BCUT2D eigenvalue weighted by Gasteiger charge is -2.58. The molecule has 9 heteroatoms. The van der Waals surface area contributed by atoms with E-state index >= 15 is 0 Å². The highest BCUT2D eigenvalue weighted by Crippen LogP contribution is 2.56. The molecule has 2 heterocycles. The van der Waals surface area contributed by atoms with Gasteiger partial charge < -0.3 is 25.4 Å². The number of carbonyl (C=O) groups excluding carboxylic acids is 1. The molecule has 5 saturated carbocycles. The molecule has 190 valence electrons. The van der Waals surface area contributed by atoms with E-state index in [0.717, 1.165) is 61.0 Å². The lowest BCUT2D eigenvalue weighted by atomic mass is 9.52. The third-order valence-corrected chi connectivity index (χ3v) is 9.24. The molecule has 5 fully saturated rings. The van der Waals surface area contributed by atoms with Crippen LogP contribution in [-0.4, -0.2) is 55.0 Å². The summed E-state index contributed by atoms with van der Waals surface area (Å²) in [6.07, 6.45) is 14.4. The first-order valence-electron chi connectivity index (χ1n) is 13.4. The molecule has 0 aromatic carbocycles. The number of aromatic nitrogens is 3. The van der Waals surface area contributed by atoms with Gasteiger partial charge in [0.15, 0.2) is 0 Å². The lowest BCUT2D eigenvalue weighted by Crippen LogP contribution is -2.59. The number of aliphatic hydroxyl groups excluding tert-OH is 1. The van der Waals surface area contributed by atoms with E-state index in [2.05, 4.69) is 37.9 Å². The van der Waals surface area contributed by atoms with Gasteiger partial charge in [0.25, 0.3) is 0 Å². The summed E-state index contributed by atoms with van der Waals surface area (Å²) in [5.41, 5.74) is 3.27. The van der Waals surface area contributed by atoms with Crippen LogP contribution in [0.3, 0.4) is 0 Å². The van der Waals surface area contributed by atoms with Crippen LogP contribution < -0.4 is 10.6 Å². The van der Waals surface area contributed by atoms with Gasteiger partial charge in [0.05, 0.1) is 28.6 Å². The largest absolute Gasteiger partial charge is 0.393 e. The second-order valence-electron chi connectivity index (χ2n) is 11.8. The highest BCUT2D eigenvalue weighted by atomic mass is 16.5. The standard InChI is InChI=1S/C27H33N5O4/c33-18-6-4-17(5-7-18)29-25(34)26-31-24(32-36-26)20-13-28-21-3-1-2-19(21)23(20)30-22-15-8-14-9-16(22)12-27(35,10-14)11-15/h1-2,13-18,22,33,35H,3-12H2,(H,28,30)(H,29,34)/t14?,15-,16+,17?,18?,22?,27?. The van der Waals surface area contributed by atoms with Gasteiger partial charge in [-0.15, -0.1) is 0 Å². The summed E-state index contributed by atoms with van der Waals surface area (Å²) in [7, 11) is 0. The zero-order valence-corrected chi connectivity index (χ0v) is 20.3. The molecule has 8 rings (SSSR count). The van der Waals surface area contributed by atoms with Crippen LogP contribution in [0.1, 0.15) is 79.7 Å². The summed E-state index contributed by atoms with van der Waals surface area (Å²) in [6.45, 7) is 0. The van der Waals surface area contributed by atoms with Gasteiger partial charge in [-0.05, 0) is 75.5 Å². The highest BCUT2D eigenvalue weighted by molar-refractivity contribution is 5.91. The normalized spacial score (nSPS) is 36.2.